The second-order valence-electron chi connectivity index (χ2n) is 3.91. The van der Waals surface area contributed by atoms with Crippen LogP contribution in [0.15, 0.2) is 18.3 Å². The van der Waals surface area contributed by atoms with Crippen molar-refractivity contribution in [2.24, 2.45) is 0 Å². The van der Waals surface area contributed by atoms with E-state index in [1.807, 2.05) is 0 Å². The number of aromatic nitrogens is 1. The van der Waals surface area contributed by atoms with Crippen molar-refractivity contribution in [2.75, 3.05) is 18.5 Å². The van der Waals surface area contributed by atoms with E-state index in [0.717, 1.165) is 23.2 Å². The summed E-state index contributed by atoms with van der Waals surface area (Å²) in [6.45, 7) is 0.0853. The predicted octanol–water partition coefficient (Wildman–Crippen LogP) is 1.56. The molecule has 1 saturated heterocycles. The molecule has 0 aliphatic carbocycles. The highest BCUT2D eigenvalue weighted by molar-refractivity contribution is 6.21. The van der Waals surface area contributed by atoms with Gasteiger partial charge in [0.1, 0.15) is 5.82 Å². The molecule has 1 aromatic heterocycles. The normalized spacial score (nSPS) is 20.7. The summed E-state index contributed by atoms with van der Waals surface area (Å²) in [5.74, 6) is -0.0605. The molecule has 1 unspecified atom stereocenters. The van der Waals surface area contributed by atoms with Gasteiger partial charge in [-0.15, -0.1) is 0 Å². The van der Waals surface area contributed by atoms with Gasteiger partial charge in [-0.1, -0.05) is 0 Å². The molecule has 1 aromatic rings. The first kappa shape index (κ1) is 13.0. The lowest BCUT2D eigenvalue weighted by atomic mass is 10.2. The number of aliphatic hydroxyl groups excluding tert-OH is 1. The van der Waals surface area contributed by atoms with Crippen LogP contribution in [0, 0.1) is 0 Å². The Labute approximate surface area is 107 Å². The molecule has 0 spiro atoms. The van der Waals surface area contributed by atoms with Crippen LogP contribution in [0.4, 0.5) is 19.4 Å². The molecule has 1 atom stereocenters. The van der Waals surface area contributed by atoms with E-state index in [1.165, 1.54) is 11.9 Å². The van der Waals surface area contributed by atoms with Crippen molar-refractivity contribution in [1.82, 2.24) is 9.88 Å². The summed E-state index contributed by atoms with van der Waals surface area (Å²) >= 11 is 4.90. The number of likely N-dealkylation sites (N-methyl/N-ethyl adjacent to an activating group) is 1. The molecule has 2 heterocycles. The molecular formula is C10H10ClF2N3O2. The number of β-amino-alcohol motifs (C(OH)–C–C–N with tert-alkyl or cyclic N) is 1. The van der Waals surface area contributed by atoms with Gasteiger partial charge in [0, 0.05) is 18.8 Å². The minimum Gasteiger partial charge on any atom is -0.371 e. The zero-order chi connectivity index (χ0) is 13.5. The van der Waals surface area contributed by atoms with Gasteiger partial charge in [0.15, 0.2) is 6.23 Å². The second-order valence-corrected chi connectivity index (χ2v) is 4.39. The molecule has 2 rings (SSSR count). The third kappa shape index (κ3) is 2.23. The Hall–Kier alpha value is -1.47. The Kier molecular flexibility index (Phi) is 3.12. The number of rotatable bonds is 2. The molecule has 0 bridgehead atoms. The maximum Gasteiger partial charge on any atom is 0.348 e. The average molecular weight is 278 g/mol. The average Bonchev–Trinajstić information content (AvgIpc) is 2.52. The van der Waals surface area contributed by atoms with E-state index in [9.17, 15) is 18.7 Å². The van der Waals surface area contributed by atoms with Crippen LogP contribution in [0.5, 0.6) is 0 Å². The van der Waals surface area contributed by atoms with Gasteiger partial charge >= 0.3 is 11.4 Å². The highest BCUT2D eigenvalue weighted by Crippen LogP contribution is 2.34. The summed E-state index contributed by atoms with van der Waals surface area (Å²) in [6.07, 6.45) is -0.00609. The van der Waals surface area contributed by atoms with E-state index >= 15 is 0 Å². The van der Waals surface area contributed by atoms with Crippen LogP contribution in [0.25, 0.3) is 0 Å². The van der Waals surface area contributed by atoms with Crippen LogP contribution in [0.2, 0.25) is 0 Å². The fourth-order valence-electron chi connectivity index (χ4n) is 1.69. The second kappa shape index (κ2) is 4.33. The molecule has 8 heteroatoms. The summed E-state index contributed by atoms with van der Waals surface area (Å²) in [6, 6.07) is 1.52. The van der Waals surface area contributed by atoms with Crippen LogP contribution < -0.4 is 4.90 Å². The fraction of sp³-hybridized carbons (Fsp3) is 0.400. The zero-order valence-corrected chi connectivity index (χ0v) is 10.1. The number of aliphatic hydroxyl groups is 1. The highest BCUT2D eigenvalue weighted by atomic mass is 35.5. The van der Waals surface area contributed by atoms with Crippen molar-refractivity contribution in [3.63, 3.8) is 0 Å². The van der Waals surface area contributed by atoms with Gasteiger partial charge in [0.05, 0.1) is 6.54 Å². The lowest BCUT2D eigenvalue weighted by molar-refractivity contribution is 0.0949. The monoisotopic (exact) mass is 277 g/mol. The minimum absolute atomic E-state index is 0.0605. The Morgan fingerprint density at radius 2 is 2.28 bits per heavy atom. The molecule has 0 saturated carbocycles. The largest absolute Gasteiger partial charge is 0.371 e. The van der Waals surface area contributed by atoms with E-state index in [-0.39, 0.29) is 12.4 Å². The quantitative estimate of drug-likeness (QED) is 0.835. The van der Waals surface area contributed by atoms with Crippen molar-refractivity contribution in [3.8, 4) is 0 Å². The summed E-state index contributed by atoms with van der Waals surface area (Å²) < 4.78 is 25.9. The number of halogens is 3. The standard InChI is InChI=1S/C10H10ClF2N3O2/c1-15-5-8(17)16(9(15)18)7-4-6(2-3-14-7)10(11,12)13/h2-4,8,17H,5H2,1H3. The molecule has 0 aromatic carbocycles. The smallest absolute Gasteiger partial charge is 0.348 e. The number of nitrogens with zero attached hydrogens (tertiary/aromatic N) is 3. The van der Waals surface area contributed by atoms with Gasteiger partial charge in [-0.25, -0.2) is 14.7 Å². The lowest BCUT2D eigenvalue weighted by Crippen LogP contribution is -2.35. The first-order chi connectivity index (χ1) is 8.30. The molecule has 1 fully saturated rings. The topological polar surface area (TPSA) is 56.7 Å². The van der Waals surface area contributed by atoms with Crippen LogP contribution >= 0.6 is 11.6 Å². The van der Waals surface area contributed by atoms with Crippen LogP contribution in [0.3, 0.4) is 0 Å². The van der Waals surface area contributed by atoms with Crippen LogP contribution in [-0.2, 0) is 5.38 Å². The van der Waals surface area contributed by atoms with E-state index in [4.69, 9.17) is 11.6 Å². The van der Waals surface area contributed by atoms with Crippen molar-refractivity contribution in [1.29, 1.82) is 0 Å². The number of hydrogen-bond acceptors (Lipinski definition) is 3. The number of anilines is 1. The maximum atomic E-state index is 13.0. The van der Waals surface area contributed by atoms with Gasteiger partial charge in [-0.3, -0.25) is 0 Å². The van der Waals surface area contributed by atoms with Gasteiger partial charge in [0.25, 0.3) is 0 Å². The molecule has 98 valence electrons. The maximum absolute atomic E-state index is 13.0. The summed E-state index contributed by atoms with van der Waals surface area (Å²) in [5, 5.41) is 6.14. The van der Waals surface area contributed by atoms with Gasteiger partial charge in [0.2, 0.25) is 0 Å². The van der Waals surface area contributed by atoms with Crippen molar-refractivity contribution >= 4 is 23.4 Å². The number of carbonyl (C=O) groups is 1. The van der Waals surface area contributed by atoms with E-state index in [2.05, 4.69) is 4.98 Å². The SMILES string of the molecule is CN1CC(O)N(c2cc(C(F)(F)Cl)ccn2)C1=O. The zero-order valence-electron chi connectivity index (χ0n) is 9.35. The van der Waals surface area contributed by atoms with Gasteiger partial charge < -0.3 is 10.0 Å². The van der Waals surface area contributed by atoms with E-state index < -0.39 is 23.2 Å². The van der Waals surface area contributed by atoms with Crippen molar-refractivity contribution in [3.05, 3.63) is 23.9 Å². The van der Waals surface area contributed by atoms with Gasteiger partial charge in [-0.2, -0.15) is 8.78 Å². The number of urea groups is 1. The molecule has 1 N–H and O–H groups in total. The van der Waals surface area contributed by atoms with Crippen LogP contribution in [-0.4, -0.2) is 40.8 Å². The van der Waals surface area contributed by atoms with Crippen LogP contribution in [0.1, 0.15) is 5.56 Å². The fourth-order valence-corrected chi connectivity index (χ4v) is 1.81. The van der Waals surface area contributed by atoms with Crippen molar-refractivity contribution < 1.29 is 18.7 Å². The molecule has 2 amide bonds. The number of amides is 2. The summed E-state index contributed by atoms with van der Waals surface area (Å²) in [5.41, 5.74) is -0.483. The molecule has 1 aliphatic heterocycles. The Bertz CT molecular complexity index is 480. The third-order valence-electron chi connectivity index (χ3n) is 2.59. The molecular weight excluding hydrogens is 268 g/mol. The van der Waals surface area contributed by atoms with E-state index in [0.29, 0.717) is 0 Å². The first-order valence-electron chi connectivity index (χ1n) is 5.06. The molecule has 5 nitrogen and oxygen atoms in total. The molecule has 0 radical (unpaired) electrons. The summed E-state index contributed by atoms with van der Waals surface area (Å²) in [4.78, 5) is 17.7. The van der Waals surface area contributed by atoms with Gasteiger partial charge in [-0.05, 0) is 23.7 Å². The third-order valence-corrected chi connectivity index (χ3v) is 2.81. The first-order valence-corrected chi connectivity index (χ1v) is 5.44. The van der Waals surface area contributed by atoms with E-state index in [1.54, 1.807) is 0 Å². The Morgan fingerprint density at radius 1 is 1.61 bits per heavy atom. The lowest BCUT2D eigenvalue weighted by Gasteiger charge is -2.19. The predicted molar refractivity (Wildman–Crippen MR) is 60.5 cm³/mol. The minimum atomic E-state index is -3.54. The number of carbonyl (C=O) groups excluding carboxylic acids is 1. The Balaban J connectivity index is 2.37. The molecule has 1 aliphatic rings. The van der Waals surface area contributed by atoms with Crippen molar-refractivity contribution in [2.45, 2.75) is 11.6 Å². The Morgan fingerprint density at radius 3 is 2.78 bits per heavy atom. The highest BCUT2D eigenvalue weighted by Gasteiger charge is 2.37. The number of pyridine rings is 1. The molecule has 18 heavy (non-hydrogen) atoms. The summed E-state index contributed by atoms with van der Waals surface area (Å²) in [7, 11) is 1.49. The number of hydrogen-bond donors (Lipinski definition) is 1. The number of alkyl halides is 3.